The number of carbonyl (C=O) groups excluding carboxylic acids is 1. The molecule has 2 aromatic heterocycles. The normalized spacial score (nSPS) is 16.8. The largest absolute Gasteiger partial charge is 0.431 e. The Morgan fingerprint density at radius 3 is 2.44 bits per heavy atom. The summed E-state index contributed by atoms with van der Waals surface area (Å²) in [5.41, 5.74) is 1.88. The molecule has 5 N–H and O–H groups in total. The molecule has 0 bridgehead atoms. The third kappa shape index (κ3) is 8.37. The highest BCUT2D eigenvalue weighted by atomic mass is 19.4. The van der Waals surface area contributed by atoms with Crippen LogP contribution in [0.25, 0.3) is 22.0 Å². The molecule has 5 rings (SSSR count). The number of nitrogens with two attached hydrogens (primary N) is 1. The number of para-hydroxylation sites is 1. The first-order valence-corrected chi connectivity index (χ1v) is 15.9. The van der Waals surface area contributed by atoms with Crippen LogP contribution in [-0.4, -0.2) is 62.8 Å². The van der Waals surface area contributed by atoms with Gasteiger partial charge in [0.25, 0.3) is 5.92 Å². The van der Waals surface area contributed by atoms with Crippen molar-refractivity contribution in [2.45, 2.75) is 56.9 Å². The van der Waals surface area contributed by atoms with Gasteiger partial charge in [-0.1, -0.05) is 18.1 Å². The van der Waals surface area contributed by atoms with Gasteiger partial charge < -0.3 is 21.5 Å². The Labute approximate surface area is 293 Å². The minimum Gasteiger partial charge on any atom is -0.394 e. The third-order valence-electron chi connectivity index (χ3n) is 8.17. The molecule has 9 nitrogen and oxygen atoms in total. The summed E-state index contributed by atoms with van der Waals surface area (Å²) in [4.78, 5) is 21.8. The summed E-state index contributed by atoms with van der Waals surface area (Å²) in [6.45, 7) is 1.87. The van der Waals surface area contributed by atoms with Crippen LogP contribution >= 0.6 is 0 Å². The average molecular weight is 730 g/mol. The predicted octanol–water partition coefficient (Wildman–Crippen LogP) is 6.12. The first-order valence-electron chi connectivity index (χ1n) is 15.9. The molecule has 0 saturated heterocycles. The number of aromatic nitrogens is 3. The summed E-state index contributed by atoms with van der Waals surface area (Å²) in [5, 5.41) is 21.1. The molecule has 1 aliphatic carbocycles. The standard InChI is InChI=1S/C36H34F7N7O2/c1-34(2,52)12-10-22-8-9-23(24-6-5-7-25-30(24)50(4)49-33(25)45-3)29(47-22)27(16-19-14-20(37)17-21(38)15-19)48-28(51)18-46-32-26(11-13-35(32,39)40)31(44)36(41,42)43/h5-9,14-15,17,27,52H,11,13,16,18,44H2,1-4H3,(H,45,49)(H,48,51). The monoisotopic (exact) mass is 729 g/mol. The lowest BCUT2D eigenvalue weighted by atomic mass is 9.93. The van der Waals surface area contributed by atoms with Crippen molar-refractivity contribution in [3.63, 3.8) is 0 Å². The lowest BCUT2D eigenvalue weighted by molar-refractivity contribution is -0.120. The number of nitrogens with zero attached hydrogens (tertiary/aromatic N) is 4. The van der Waals surface area contributed by atoms with E-state index in [0.29, 0.717) is 28.5 Å². The van der Waals surface area contributed by atoms with E-state index >= 15 is 0 Å². The topological polar surface area (TPSA) is 130 Å². The Bertz CT molecular complexity index is 2140. The number of anilines is 1. The number of fused-ring (bicyclic) bond motifs is 1. The maximum Gasteiger partial charge on any atom is 0.431 e. The Balaban J connectivity index is 1.66. The van der Waals surface area contributed by atoms with Crippen LogP contribution in [0.4, 0.5) is 36.6 Å². The first-order chi connectivity index (χ1) is 24.3. The van der Waals surface area contributed by atoms with Gasteiger partial charge in [0.1, 0.15) is 40.9 Å². The highest BCUT2D eigenvalue weighted by Crippen LogP contribution is 2.40. The Morgan fingerprint density at radius 2 is 1.81 bits per heavy atom. The van der Waals surface area contributed by atoms with Crippen LogP contribution in [0.15, 0.2) is 64.8 Å². The molecule has 274 valence electrons. The number of halogens is 7. The van der Waals surface area contributed by atoms with Gasteiger partial charge in [0.2, 0.25) is 5.91 Å². The molecule has 16 heteroatoms. The molecule has 0 spiro atoms. The van der Waals surface area contributed by atoms with Gasteiger partial charge in [0.05, 0.1) is 17.3 Å². The van der Waals surface area contributed by atoms with Crippen molar-refractivity contribution < 1.29 is 40.6 Å². The molecule has 52 heavy (non-hydrogen) atoms. The zero-order valence-corrected chi connectivity index (χ0v) is 28.4. The van der Waals surface area contributed by atoms with E-state index in [0.717, 1.165) is 17.5 Å². The van der Waals surface area contributed by atoms with E-state index in [2.05, 4.69) is 32.6 Å². The number of benzene rings is 2. The zero-order chi connectivity index (χ0) is 38.2. The van der Waals surface area contributed by atoms with Crippen molar-refractivity contribution in [2.75, 3.05) is 18.9 Å². The van der Waals surface area contributed by atoms with Crippen LogP contribution in [-0.2, 0) is 18.3 Å². The van der Waals surface area contributed by atoms with Crippen molar-refractivity contribution >= 4 is 28.3 Å². The molecular weight excluding hydrogens is 695 g/mol. The molecule has 4 aromatic rings. The number of amides is 1. The molecule has 1 saturated carbocycles. The van der Waals surface area contributed by atoms with E-state index in [1.54, 1.807) is 43.0 Å². The number of carbonyl (C=O) groups is 1. The number of hydrogen-bond acceptors (Lipinski definition) is 7. The lowest BCUT2D eigenvalue weighted by Gasteiger charge is -2.22. The molecular formula is C36H34F7N7O2. The SMILES string of the molecule is CNc1nn(C)c2c(-c3ccc(C#CC(C)(C)O)nc3C(Cc3cc(F)cc(F)c3)NC(=O)CN=C3C(=C(N)C(F)(F)F)CCC3(F)F)cccc12. The van der Waals surface area contributed by atoms with E-state index in [9.17, 15) is 40.6 Å². The maximum absolute atomic E-state index is 14.7. The molecule has 1 fully saturated rings. The van der Waals surface area contributed by atoms with E-state index in [1.165, 1.54) is 13.8 Å². The highest BCUT2D eigenvalue weighted by molar-refractivity contribution is 6.08. The van der Waals surface area contributed by atoms with Crippen LogP contribution in [0, 0.1) is 23.5 Å². The van der Waals surface area contributed by atoms with Crippen molar-refractivity contribution in [1.29, 1.82) is 0 Å². The Morgan fingerprint density at radius 1 is 1.12 bits per heavy atom. The van der Waals surface area contributed by atoms with E-state index < -0.39 is 77.7 Å². The number of aryl methyl sites for hydroxylation is 1. The number of pyridine rings is 1. The van der Waals surface area contributed by atoms with E-state index in [1.807, 2.05) is 6.07 Å². The number of allylic oxidation sites excluding steroid dienone is 2. The van der Waals surface area contributed by atoms with E-state index in [4.69, 9.17) is 10.7 Å². The van der Waals surface area contributed by atoms with Gasteiger partial charge in [-0.2, -0.15) is 27.1 Å². The van der Waals surface area contributed by atoms with Gasteiger partial charge in [-0.15, -0.1) is 0 Å². The summed E-state index contributed by atoms with van der Waals surface area (Å²) in [7, 11) is 3.41. The van der Waals surface area contributed by atoms with Crippen molar-refractivity contribution in [2.24, 2.45) is 17.8 Å². The van der Waals surface area contributed by atoms with Gasteiger partial charge in [-0.05, 0) is 68.5 Å². The van der Waals surface area contributed by atoms with Gasteiger partial charge >= 0.3 is 6.18 Å². The Hall–Kier alpha value is -5.43. The van der Waals surface area contributed by atoms with Crippen molar-refractivity contribution in [3.8, 4) is 23.0 Å². The van der Waals surface area contributed by atoms with Gasteiger partial charge in [-0.25, -0.2) is 13.8 Å². The highest BCUT2D eigenvalue weighted by Gasteiger charge is 2.48. The number of hydrogen-bond donors (Lipinski definition) is 4. The lowest BCUT2D eigenvalue weighted by Crippen LogP contribution is -2.34. The smallest absolute Gasteiger partial charge is 0.394 e. The fourth-order valence-corrected chi connectivity index (χ4v) is 5.95. The average Bonchev–Trinajstić information content (AvgIpc) is 3.54. The quantitative estimate of drug-likeness (QED) is 0.128. The van der Waals surface area contributed by atoms with Gasteiger partial charge in [0, 0.05) is 48.7 Å². The number of aliphatic imine (C=N–C) groups is 1. The summed E-state index contributed by atoms with van der Waals surface area (Å²) in [5.74, 6) is -0.629. The zero-order valence-electron chi connectivity index (χ0n) is 28.4. The van der Waals surface area contributed by atoms with Gasteiger partial charge in [-0.3, -0.25) is 14.5 Å². The molecule has 1 aliphatic rings. The number of alkyl halides is 5. The number of rotatable bonds is 8. The van der Waals surface area contributed by atoms with Crippen LogP contribution in [0.5, 0.6) is 0 Å². The van der Waals surface area contributed by atoms with Crippen molar-refractivity contribution in [3.05, 3.63) is 88.4 Å². The third-order valence-corrected chi connectivity index (χ3v) is 8.17. The predicted molar refractivity (Wildman–Crippen MR) is 181 cm³/mol. The minimum absolute atomic E-state index is 0.0801. The van der Waals surface area contributed by atoms with E-state index in [-0.39, 0.29) is 23.4 Å². The summed E-state index contributed by atoms with van der Waals surface area (Å²) >= 11 is 0. The minimum atomic E-state index is -5.10. The summed E-state index contributed by atoms with van der Waals surface area (Å²) in [6.07, 6.45) is -7.07. The van der Waals surface area contributed by atoms with Crippen LogP contribution in [0.2, 0.25) is 0 Å². The first kappa shape index (κ1) is 37.8. The number of nitrogens with one attached hydrogen (secondary N) is 2. The van der Waals surface area contributed by atoms with Crippen LogP contribution < -0.4 is 16.4 Å². The maximum atomic E-state index is 14.7. The second kappa shape index (κ2) is 14.3. The second-order valence-electron chi connectivity index (χ2n) is 12.7. The molecule has 0 radical (unpaired) electrons. The molecule has 2 heterocycles. The molecule has 2 aromatic carbocycles. The molecule has 1 amide bonds. The molecule has 0 aliphatic heterocycles. The van der Waals surface area contributed by atoms with Crippen molar-refractivity contribution in [1.82, 2.24) is 20.1 Å². The number of aliphatic hydroxyl groups is 1. The van der Waals surface area contributed by atoms with Crippen LogP contribution in [0.1, 0.15) is 49.7 Å². The summed E-state index contributed by atoms with van der Waals surface area (Å²) in [6, 6.07) is 10.1. The molecule has 1 atom stereocenters. The van der Waals surface area contributed by atoms with Gasteiger partial charge in [0.15, 0.2) is 5.82 Å². The van der Waals surface area contributed by atoms with Crippen LogP contribution in [0.3, 0.4) is 0 Å². The second-order valence-corrected chi connectivity index (χ2v) is 12.7. The fourth-order valence-electron chi connectivity index (χ4n) is 5.95. The Kier molecular flexibility index (Phi) is 10.4. The fraction of sp³-hybridized carbons (Fsp3) is 0.333. The molecule has 1 unspecified atom stereocenters. The summed E-state index contributed by atoms with van der Waals surface area (Å²) < 4.78 is 100.0.